The molecule has 0 fully saturated rings. The summed E-state index contributed by atoms with van der Waals surface area (Å²) < 4.78 is 1.28. The molecule has 0 aliphatic rings. The molecule has 0 unspecified atom stereocenters. The highest BCUT2D eigenvalue weighted by atomic mass is 35.5. The average Bonchev–Trinajstić information content (AvgIpc) is 3.19. The second kappa shape index (κ2) is 12.3. The van der Waals surface area contributed by atoms with E-state index >= 15 is 0 Å². The first-order chi connectivity index (χ1) is 14.9. The first-order valence-corrected chi connectivity index (χ1v) is 11.9. The van der Waals surface area contributed by atoms with Crippen LogP contribution in [0.5, 0.6) is 5.75 Å². The second-order valence-electron chi connectivity index (χ2n) is 6.53. The zero-order chi connectivity index (χ0) is 23.0. The van der Waals surface area contributed by atoms with Crippen LogP contribution >= 0.6 is 46.1 Å². The highest BCUT2D eigenvalue weighted by molar-refractivity contribution is 7.17. The first kappa shape index (κ1) is 25.4. The number of alkyl halides is 1. The molecular formula is C20H24Cl3N4O3S+. The maximum atomic E-state index is 12.5. The van der Waals surface area contributed by atoms with E-state index in [2.05, 4.69) is 34.1 Å². The number of thiazole rings is 1. The van der Waals surface area contributed by atoms with Crippen molar-refractivity contribution in [3.05, 3.63) is 60.9 Å². The third-order valence-corrected chi connectivity index (χ3v) is 6.06. The van der Waals surface area contributed by atoms with E-state index < -0.39 is 17.2 Å². The third-order valence-electron chi connectivity index (χ3n) is 4.31. The van der Waals surface area contributed by atoms with E-state index in [-0.39, 0.29) is 12.2 Å². The fraction of sp³-hybridized carbons (Fsp3) is 0.350. The average molecular weight is 507 g/mol. The predicted molar refractivity (Wildman–Crippen MR) is 126 cm³/mol. The lowest BCUT2D eigenvalue weighted by molar-refractivity contribution is -0.670. The molecule has 0 aliphatic heterocycles. The van der Waals surface area contributed by atoms with Crippen LogP contribution in [0, 0.1) is 0 Å². The summed E-state index contributed by atoms with van der Waals surface area (Å²) in [5.74, 6) is -1.31. The van der Waals surface area contributed by atoms with Gasteiger partial charge in [-0.2, -0.15) is 0 Å². The minimum Gasteiger partial charge on any atom is -0.501 e. The highest BCUT2D eigenvalue weighted by Crippen LogP contribution is 2.23. The number of carbonyl (C=O) groups excluding carboxylic acids is 1. The van der Waals surface area contributed by atoms with Gasteiger partial charge >= 0.3 is 5.56 Å². The summed E-state index contributed by atoms with van der Waals surface area (Å²) in [6.07, 6.45) is 5.38. The van der Waals surface area contributed by atoms with E-state index in [9.17, 15) is 14.7 Å². The summed E-state index contributed by atoms with van der Waals surface area (Å²) in [5.41, 5.74) is -0.227. The Morgan fingerprint density at radius 1 is 1.29 bits per heavy atom. The number of fused-ring (bicyclic) bond motifs is 1. The topological polar surface area (TPSA) is 100 Å². The SMILES string of the molecule is CCCC[NH2+]Cc1cn2c(=O)c(O)c(C(=O)NCc3ccc(Cl)c(Cl)c3)nc2s1.CCl. The number of nitrogens with two attached hydrogens (primary N) is 1. The number of quaternary nitrogens is 1. The van der Waals surface area contributed by atoms with Crippen LogP contribution < -0.4 is 16.2 Å². The molecule has 0 spiro atoms. The molecule has 3 aromatic rings. The van der Waals surface area contributed by atoms with Crippen LogP contribution in [-0.2, 0) is 13.1 Å². The van der Waals surface area contributed by atoms with Crippen LogP contribution in [-0.4, -0.2) is 33.3 Å². The maximum Gasteiger partial charge on any atom is 0.301 e. The van der Waals surface area contributed by atoms with Gasteiger partial charge in [0.1, 0.15) is 6.54 Å². The molecule has 2 aromatic heterocycles. The molecule has 4 N–H and O–H groups in total. The van der Waals surface area contributed by atoms with Crippen LogP contribution in [0.15, 0.2) is 29.2 Å². The second-order valence-corrected chi connectivity index (χ2v) is 8.44. The lowest BCUT2D eigenvalue weighted by Crippen LogP contribution is -2.82. The van der Waals surface area contributed by atoms with E-state index in [1.54, 1.807) is 24.4 Å². The monoisotopic (exact) mass is 505 g/mol. The Labute approximate surface area is 199 Å². The van der Waals surface area contributed by atoms with Gasteiger partial charge in [-0.15, -0.1) is 11.6 Å². The number of hydrogen-bond donors (Lipinski definition) is 3. The molecule has 0 saturated heterocycles. The third kappa shape index (κ3) is 6.57. The van der Waals surface area contributed by atoms with Crippen molar-refractivity contribution in [3.63, 3.8) is 0 Å². The predicted octanol–water partition coefficient (Wildman–Crippen LogP) is 3.42. The zero-order valence-corrected chi connectivity index (χ0v) is 20.2. The number of aromatic hydroxyl groups is 1. The Morgan fingerprint density at radius 3 is 2.71 bits per heavy atom. The summed E-state index contributed by atoms with van der Waals surface area (Å²) in [5, 5.41) is 15.8. The molecule has 31 heavy (non-hydrogen) atoms. The molecule has 0 radical (unpaired) electrons. The number of hydrogen-bond acceptors (Lipinski definition) is 5. The van der Waals surface area contributed by atoms with Gasteiger partial charge in [-0.05, 0) is 24.1 Å². The number of amides is 1. The largest absolute Gasteiger partial charge is 0.501 e. The fourth-order valence-corrected chi connectivity index (χ4v) is 4.02. The minimum atomic E-state index is -0.673. The van der Waals surface area contributed by atoms with Crippen molar-refractivity contribution in [3.8, 4) is 5.75 Å². The smallest absolute Gasteiger partial charge is 0.301 e. The molecule has 1 aromatic carbocycles. The van der Waals surface area contributed by atoms with Gasteiger partial charge < -0.3 is 15.7 Å². The summed E-state index contributed by atoms with van der Waals surface area (Å²) in [7, 11) is 0. The number of halogens is 3. The summed E-state index contributed by atoms with van der Waals surface area (Å²) in [4.78, 5) is 30.5. The molecule has 1 amide bonds. The van der Waals surface area contributed by atoms with Crippen LogP contribution in [0.4, 0.5) is 0 Å². The normalized spacial score (nSPS) is 10.6. The molecular weight excluding hydrogens is 483 g/mol. The van der Waals surface area contributed by atoms with Crippen LogP contribution in [0.2, 0.25) is 10.0 Å². The quantitative estimate of drug-likeness (QED) is 0.322. The number of nitrogens with zero attached hydrogens (tertiary/aromatic N) is 2. The molecule has 0 saturated carbocycles. The van der Waals surface area contributed by atoms with Crippen molar-refractivity contribution in [2.24, 2.45) is 0 Å². The Hall–Kier alpha value is -1.84. The summed E-state index contributed by atoms with van der Waals surface area (Å²) in [6.45, 7) is 4.00. The van der Waals surface area contributed by atoms with Crippen molar-refractivity contribution < 1.29 is 15.2 Å². The Balaban J connectivity index is 0.00000166. The molecule has 11 heteroatoms. The molecule has 0 aliphatic carbocycles. The van der Waals surface area contributed by atoms with E-state index in [0.29, 0.717) is 21.6 Å². The van der Waals surface area contributed by atoms with Crippen molar-refractivity contribution in [1.82, 2.24) is 14.7 Å². The van der Waals surface area contributed by atoms with Crippen molar-refractivity contribution in [2.75, 3.05) is 12.9 Å². The molecule has 0 bridgehead atoms. The van der Waals surface area contributed by atoms with Gasteiger partial charge in [0.15, 0.2) is 10.7 Å². The van der Waals surface area contributed by atoms with Gasteiger partial charge in [-0.1, -0.05) is 53.9 Å². The number of nitrogens with one attached hydrogen (secondary N) is 1. The standard InChI is InChI=1S/C19H20Cl2N4O3S.CH3Cl/c1-2-3-6-22-9-12-10-25-18(28)16(26)15(24-19(25)29-12)17(27)23-8-11-4-5-13(20)14(21)7-11;1-2/h4-5,7,10,22,26H,2-3,6,8-9H2,1H3,(H,23,27);1H3/p+1. The van der Waals surface area contributed by atoms with Crippen molar-refractivity contribution in [2.45, 2.75) is 32.9 Å². The zero-order valence-electron chi connectivity index (χ0n) is 17.1. The minimum absolute atomic E-state index is 0.151. The van der Waals surface area contributed by atoms with Gasteiger partial charge in [0.25, 0.3) is 5.91 Å². The highest BCUT2D eigenvalue weighted by Gasteiger charge is 2.20. The number of rotatable bonds is 8. The van der Waals surface area contributed by atoms with Gasteiger partial charge in [-0.25, -0.2) is 4.98 Å². The van der Waals surface area contributed by atoms with E-state index in [1.807, 2.05) is 0 Å². The van der Waals surface area contributed by atoms with Crippen LogP contribution in [0.25, 0.3) is 4.96 Å². The molecule has 0 atom stereocenters. The van der Waals surface area contributed by atoms with E-state index in [0.717, 1.165) is 29.8 Å². The molecule has 168 valence electrons. The Bertz CT molecular complexity index is 1100. The molecule has 7 nitrogen and oxygen atoms in total. The van der Waals surface area contributed by atoms with Crippen LogP contribution in [0.1, 0.15) is 40.7 Å². The first-order valence-electron chi connectivity index (χ1n) is 9.56. The van der Waals surface area contributed by atoms with Crippen LogP contribution in [0.3, 0.4) is 0 Å². The van der Waals surface area contributed by atoms with Gasteiger partial charge in [0.2, 0.25) is 5.75 Å². The lowest BCUT2D eigenvalue weighted by atomic mass is 10.2. The van der Waals surface area contributed by atoms with Gasteiger partial charge in [0, 0.05) is 19.1 Å². The van der Waals surface area contributed by atoms with E-state index in [4.69, 9.17) is 23.2 Å². The Morgan fingerprint density at radius 2 is 2.03 bits per heavy atom. The lowest BCUT2D eigenvalue weighted by Gasteiger charge is -2.07. The van der Waals surface area contributed by atoms with Gasteiger partial charge in [-0.3, -0.25) is 14.0 Å². The fourth-order valence-electron chi connectivity index (χ4n) is 2.74. The van der Waals surface area contributed by atoms with Gasteiger partial charge in [0.05, 0.1) is 21.5 Å². The number of aromatic nitrogens is 2. The maximum absolute atomic E-state index is 12.5. The van der Waals surface area contributed by atoms with E-state index in [1.165, 1.54) is 22.1 Å². The molecule has 3 rings (SSSR count). The Kier molecular flexibility index (Phi) is 10.1. The van der Waals surface area contributed by atoms with Crippen molar-refractivity contribution >= 4 is 57.0 Å². The summed E-state index contributed by atoms with van der Waals surface area (Å²) in [6, 6.07) is 4.99. The number of carbonyl (C=O) groups is 1. The number of benzene rings is 1. The number of unbranched alkanes of at least 4 members (excludes halogenated alkanes) is 1. The molecule has 2 heterocycles. The summed E-state index contributed by atoms with van der Waals surface area (Å²) >= 11 is 17.8. The van der Waals surface area contributed by atoms with Crippen molar-refractivity contribution in [1.29, 1.82) is 0 Å².